The first-order valence-electron chi connectivity index (χ1n) is 5.76. The summed E-state index contributed by atoms with van der Waals surface area (Å²) in [6, 6.07) is 20.3. The van der Waals surface area contributed by atoms with Crippen LogP contribution in [0.1, 0.15) is 11.1 Å². The van der Waals surface area contributed by atoms with Gasteiger partial charge in [0.2, 0.25) is 0 Å². The van der Waals surface area contributed by atoms with Crippen LogP contribution in [0.3, 0.4) is 0 Å². The molecule has 0 saturated carbocycles. The second kappa shape index (κ2) is 7.80. The second-order valence-corrected chi connectivity index (χ2v) is 7.51. The minimum atomic E-state index is 0.811. The summed E-state index contributed by atoms with van der Waals surface area (Å²) in [5.74, 6) is 0. The maximum Gasteiger partial charge on any atom is 0.0888 e. The van der Waals surface area contributed by atoms with E-state index in [9.17, 15) is 0 Å². The van der Waals surface area contributed by atoms with Crippen molar-refractivity contribution in [3.05, 3.63) is 71.8 Å². The highest BCUT2D eigenvalue weighted by Crippen LogP contribution is 2.29. The predicted molar refractivity (Wildman–Crippen MR) is 96.1 cm³/mol. The van der Waals surface area contributed by atoms with Crippen molar-refractivity contribution in [2.45, 2.75) is 6.42 Å². The van der Waals surface area contributed by atoms with Crippen LogP contribution in [0.15, 0.2) is 60.7 Å². The van der Waals surface area contributed by atoms with Crippen molar-refractivity contribution in [1.29, 1.82) is 0 Å². The standard InChI is InChI=1S/C15H12S4/c16-14(11-12-7-3-1-4-8-12)18-19-15(17)13-9-5-2-6-10-13/h1-10H,11H2. The second-order valence-electron chi connectivity index (χ2n) is 3.85. The zero-order valence-corrected chi connectivity index (χ0v) is 13.4. The van der Waals surface area contributed by atoms with E-state index in [1.807, 2.05) is 48.5 Å². The van der Waals surface area contributed by atoms with Gasteiger partial charge in [-0.15, -0.1) is 0 Å². The summed E-state index contributed by atoms with van der Waals surface area (Å²) in [6.07, 6.45) is 0.811. The fourth-order valence-corrected chi connectivity index (χ4v) is 4.01. The molecule has 0 spiro atoms. The molecule has 0 atom stereocenters. The van der Waals surface area contributed by atoms with Crippen LogP contribution in [-0.2, 0) is 6.42 Å². The highest BCUT2D eigenvalue weighted by molar-refractivity contribution is 8.89. The number of hydrogen-bond acceptors (Lipinski definition) is 4. The smallest absolute Gasteiger partial charge is 0.0761 e. The van der Waals surface area contributed by atoms with Crippen molar-refractivity contribution in [2.24, 2.45) is 0 Å². The molecule has 0 radical (unpaired) electrons. The molecule has 0 aromatic heterocycles. The SMILES string of the molecule is S=C(Cc1ccccc1)SSC(=S)c1ccccc1. The van der Waals surface area contributed by atoms with Gasteiger partial charge in [-0.25, -0.2) is 0 Å². The van der Waals surface area contributed by atoms with Crippen LogP contribution in [0.2, 0.25) is 0 Å². The van der Waals surface area contributed by atoms with E-state index in [1.54, 1.807) is 21.6 Å². The van der Waals surface area contributed by atoms with E-state index in [4.69, 9.17) is 24.4 Å². The molecule has 0 bridgehead atoms. The van der Waals surface area contributed by atoms with E-state index >= 15 is 0 Å². The van der Waals surface area contributed by atoms with E-state index in [1.165, 1.54) is 5.56 Å². The van der Waals surface area contributed by atoms with Crippen LogP contribution in [-0.4, -0.2) is 8.39 Å². The van der Waals surface area contributed by atoms with Gasteiger partial charge in [0, 0.05) is 6.42 Å². The lowest BCUT2D eigenvalue weighted by Gasteiger charge is -2.04. The highest BCUT2D eigenvalue weighted by atomic mass is 33.1. The molecule has 0 saturated heterocycles. The molecule has 2 aromatic rings. The summed E-state index contributed by atoms with van der Waals surface area (Å²) in [5.41, 5.74) is 2.32. The Morgan fingerprint density at radius 3 is 2.00 bits per heavy atom. The lowest BCUT2D eigenvalue weighted by molar-refractivity contribution is 1.38. The first-order chi connectivity index (χ1) is 9.25. The first-order valence-corrected chi connectivity index (χ1v) is 8.73. The van der Waals surface area contributed by atoms with Gasteiger partial charge in [-0.1, -0.05) is 85.1 Å². The van der Waals surface area contributed by atoms with Crippen LogP contribution in [0.5, 0.6) is 0 Å². The maximum atomic E-state index is 5.39. The molecule has 2 aromatic carbocycles. The largest absolute Gasteiger partial charge is 0.0888 e. The third-order valence-electron chi connectivity index (χ3n) is 2.41. The Kier molecular flexibility index (Phi) is 6.04. The Bertz CT molecular complexity index is 549. The maximum absolute atomic E-state index is 5.39. The average molecular weight is 321 g/mol. The van der Waals surface area contributed by atoms with Gasteiger partial charge in [-0.05, 0) is 32.7 Å². The molecule has 2 rings (SSSR count). The number of thiocarbonyl (C=S) groups is 2. The van der Waals surface area contributed by atoms with E-state index in [0.717, 1.165) is 20.4 Å². The van der Waals surface area contributed by atoms with E-state index in [-0.39, 0.29) is 0 Å². The summed E-state index contributed by atoms with van der Waals surface area (Å²) < 4.78 is 1.83. The van der Waals surface area contributed by atoms with E-state index in [2.05, 4.69) is 12.1 Å². The molecule has 96 valence electrons. The summed E-state index contributed by atoms with van der Waals surface area (Å²) >= 11 is 10.8. The van der Waals surface area contributed by atoms with Crippen LogP contribution in [0.4, 0.5) is 0 Å². The molecule has 0 nitrogen and oxygen atoms in total. The van der Waals surface area contributed by atoms with Crippen molar-refractivity contribution < 1.29 is 0 Å². The lowest BCUT2D eigenvalue weighted by Crippen LogP contribution is -1.95. The average Bonchev–Trinajstić information content (AvgIpc) is 2.47. The molecule has 0 heterocycles. The molecule has 4 heteroatoms. The topological polar surface area (TPSA) is 0 Å². The third kappa shape index (κ3) is 5.07. The zero-order chi connectivity index (χ0) is 13.5. The fraction of sp³-hybridized carbons (Fsp3) is 0.0667. The first kappa shape index (κ1) is 14.7. The number of hydrogen-bond donors (Lipinski definition) is 0. The number of rotatable bonds is 3. The molecule has 0 aliphatic heterocycles. The van der Waals surface area contributed by atoms with Gasteiger partial charge in [0.25, 0.3) is 0 Å². The molecular formula is C15H12S4. The Labute approximate surface area is 132 Å². The van der Waals surface area contributed by atoms with Crippen LogP contribution >= 0.6 is 46.0 Å². The van der Waals surface area contributed by atoms with Gasteiger partial charge in [0.1, 0.15) is 0 Å². The monoisotopic (exact) mass is 320 g/mol. The van der Waals surface area contributed by atoms with Crippen molar-refractivity contribution >= 4 is 54.4 Å². The molecule has 0 unspecified atom stereocenters. The summed E-state index contributed by atoms with van der Waals surface area (Å²) in [4.78, 5) is 0. The Hall–Kier alpha value is -0.680. The molecule has 0 N–H and O–H groups in total. The number of benzene rings is 2. The van der Waals surface area contributed by atoms with Crippen LogP contribution in [0.25, 0.3) is 0 Å². The molecule has 19 heavy (non-hydrogen) atoms. The van der Waals surface area contributed by atoms with Crippen LogP contribution in [0, 0.1) is 0 Å². The molecule has 0 amide bonds. The fourth-order valence-electron chi connectivity index (χ4n) is 1.50. The summed E-state index contributed by atoms with van der Waals surface area (Å²) in [7, 11) is 3.14. The van der Waals surface area contributed by atoms with Crippen molar-refractivity contribution in [2.75, 3.05) is 0 Å². The quantitative estimate of drug-likeness (QED) is 0.554. The Morgan fingerprint density at radius 1 is 0.789 bits per heavy atom. The van der Waals surface area contributed by atoms with Gasteiger partial charge in [-0.2, -0.15) is 0 Å². The zero-order valence-electron chi connectivity index (χ0n) is 10.1. The molecule has 0 aliphatic rings. The Balaban J connectivity index is 1.83. The van der Waals surface area contributed by atoms with E-state index < -0.39 is 0 Å². The normalized spacial score (nSPS) is 10.1. The van der Waals surface area contributed by atoms with Gasteiger partial charge >= 0.3 is 0 Å². The van der Waals surface area contributed by atoms with E-state index in [0.29, 0.717) is 0 Å². The van der Waals surface area contributed by atoms with Crippen molar-refractivity contribution in [1.82, 2.24) is 0 Å². The Morgan fingerprint density at radius 2 is 1.37 bits per heavy atom. The third-order valence-corrected chi connectivity index (χ3v) is 6.08. The van der Waals surface area contributed by atoms with Gasteiger partial charge in [0.05, 0.1) is 8.39 Å². The van der Waals surface area contributed by atoms with Crippen LogP contribution < -0.4 is 0 Å². The lowest BCUT2D eigenvalue weighted by atomic mass is 10.2. The van der Waals surface area contributed by atoms with Gasteiger partial charge in [0.15, 0.2) is 0 Å². The summed E-state index contributed by atoms with van der Waals surface area (Å²) in [5, 5.41) is 0. The van der Waals surface area contributed by atoms with Crippen molar-refractivity contribution in [3.8, 4) is 0 Å². The summed E-state index contributed by atoms with van der Waals surface area (Å²) in [6.45, 7) is 0. The highest BCUT2D eigenvalue weighted by Gasteiger charge is 2.05. The molecular weight excluding hydrogens is 308 g/mol. The minimum Gasteiger partial charge on any atom is -0.0761 e. The molecule has 0 fully saturated rings. The molecule has 0 aliphatic carbocycles. The van der Waals surface area contributed by atoms with Crippen molar-refractivity contribution in [3.63, 3.8) is 0 Å². The predicted octanol–water partition coefficient (Wildman–Crippen LogP) is 5.31. The van der Waals surface area contributed by atoms with Gasteiger partial charge in [-0.3, -0.25) is 0 Å². The minimum absolute atomic E-state index is 0.811. The van der Waals surface area contributed by atoms with Gasteiger partial charge < -0.3 is 0 Å².